The summed E-state index contributed by atoms with van der Waals surface area (Å²) in [5, 5.41) is 10.2. The Kier molecular flexibility index (Phi) is 3.64. The van der Waals surface area contributed by atoms with Crippen LogP contribution in [0.15, 0.2) is 12.4 Å². The van der Waals surface area contributed by atoms with Crippen LogP contribution < -0.4 is 0 Å². The first-order valence-corrected chi connectivity index (χ1v) is 6.31. The van der Waals surface area contributed by atoms with Gasteiger partial charge >= 0.3 is 0 Å². The molecule has 3 atom stereocenters. The lowest BCUT2D eigenvalue weighted by molar-refractivity contribution is 0.0699. The second-order valence-corrected chi connectivity index (χ2v) is 5.26. The highest BCUT2D eigenvalue weighted by molar-refractivity contribution is 4.94. The molecule has 1 aliphatic carbocycles. The van der Waals surface area contributed by atoms with Crippen molar-refractivity contribution >= 4 is 0 Å². The zero-order valence-corrected chi connectivity index (χ0v) is 10.3. The molecule has 1 heterocycles. The smallest absolute Gasteiger partial charge is 0.110 e. The SMILES string of the molecule is CC1CCCC(C(O)Cc2nccn2C)C1. The molecule has 0 aliphatic heterocycles. The molecule has 1 fully saturated rings. The van der Waals surface area contributed by atoms with Crippen LogP contribution in [0.3, 0.4) is 0 Å². The summed E-state index contributed by atoms with van der Waals surface area (Å²) >= 11 is 0. The van der Waals surface area contributed by atoms with Gasteiger partial charge in [0.05, 0.1) is 6.10 Å². The molecular weight excluding hydrogens is 200 g/mol. The van der Waals surface area contributed by atoms with Crippen molar-refractivity contribution in [2.24, 2.45) is 18.9 Å². The fourth-order valence-corrected chi connectivity index (χ4v) is 2.78. The van der Waals surface area contributed by atoms with Gasteiger partial charge in [0.2, 0.25) is 0 Å². The lowest BCUT2D eigenvalue weighted by Gasteiger charge is -2.30. The number of imidazole rings is 1. The van der Waals surface area contributed by atoms with Gasteiger partial charge in [-0.1, -0.05) is 19.8 Å². The Morgan fingerprint density at radius 2 is 2.38 bits per heavy atom. The Labute approximate surface area is 97.5 Å². The number of nitrogens with zero attached hydrogens (tertiary/aromatic N) is 2. The van der Waals surface area contributed by atoms with Gasteiger partial charge in [0, 0.05) is 25.9 Å². The van der Waals surface area contributed by atoms with Gasteiger partial charge in [-0.15, -0.1) is 0 Å². The average molecular weight is 222 g/mol. The first kappa shape index (κ1) is 11.6. The third kappa shape index (κ3) is 2.64. The van der Waals surface area contributed by atoms with Crippen LogP contribution in [0.5, 0.6) is 0 Å². The summed E-state index contributed by atoms with van der Waals surface area (Å²) < 4.78 is 2.00. The molecular formula is C13H22N2O. The normalized spacial score (nSPS) is 27.9. The van der Waals surface area contributed by atoms with E-state index in [9.17, 15) is 5.11 Å². The molecule has 3 nitrogen and oxygen atoms in total. The largest absolute Gasteiger partial charge is 0.392 e. The minimum atomic E-state index is -0.219. The van der Waals surface area contributed by atoms with E-state index in [-0.39, 0.29) is 6.10 Å². The van der Waals surface area contributed by atoms with Gasteiger partial charge in [0.25, 0.3) is 0 Å². The molecule has 1 aromatic heterocycles. The van der Waals surface area contributed by atoms with E-state index in [1.54, 1.807) is 6.20 Å². The number of hydrogen-bond acceptors (Lipinski definition) is 2. The number of aliphatic hydroxyl groups is 1. The van der Waals surface area contributed by atoms with Gasteiger partial charge in [0.15, 0.2) is 0 Å². The zero-order valence-electron chi connectivity index (χ0n) is 10.3. The lowest BCUT2D eigenvalue weighted by Crippen LogP contribution is -2.28. The Balaban J connectivity index is 1.92. The molecule has 1 N–H and O–H groups in total. The second kappa shape index (κ2) is 5.00. The van der Waals surface area contributed by atoms with Crippen molar-refractivity contribution in [2.45, 2.75) is 45.1 Å². The van der Waals surface area contributed by atoms with E-state index in [4.69, 9.17) is 0 Å². The Bertz CT molecular complexity index is 334. The number of aromatic nitrogens is 2. The van der Waals surface area contributed by atoms with Crippen LogP contribution in [0.25, 0.3) is 0 Å². The first-order chi connectivity index (χ1) is 7.66. The van der Waals surface area contributed by atoms with Crippen molar-refractivity contribution in [3.8, 4) is 0 Å². The lowest BCUT2D eigenvalue weighted by atomic mass is 9.79. The fourth-order valence-electron chi connectivity index (χ4n) is 2.78. The van der Waals surface area contributed by atoms with Crippen LogP contribution in [0.1, 0.15) is 38.4 Å². The van der Waals surface area contributed by atoms with Crippen molar-refractivity contribution < 1.29 is 5.11 Å². The van der Waals surface area contributed by atoms with E-state index in [2.05, 4.69) is 11.9 Å². The summed E-state index contributed by atoms with van der Waals surface area (Å²) in [6.45, 7) is 2.29. The summed E-state index contributed by atoms with van der Waals surface area (Å²) in [4.78, 5) is 4.27. The van der Waals surface area contributed by atoms with Crippen LogP contribution in [0.4, 0.5) is 0 Å². The highest BCUT2D eigenvalue weighted by Crippen LogP contribution is 2.31. The van der Waals surface area contributed by atoms with E-state index >= 15 is 0 Å². The topological polar surface area (TPSA) is 38.1 Å². The van der Waals surface area contributed by atoms with Gasteiger partial charge in [-0.05, 0) is 24.7 Å². The standard InChI is InChI=1S/C13H22N2O/c1-10-4-3-5-11(8-10)12(16)9-13-14-6-7-15(13)2/h6-7,10-12,16H,3-5,8-9H2,1-2H3. The van der Waals surface area contributed by atoms with Crippen molar-refractivity contribution in [3.63, 3.8) is 0 Å². The molecule has 2 rings (SSSR count). The van der Waals surface area contributed by atoms with E-state index in [1.165, 1.54) is 25.7 Å². The molecule has 0 bridgehead atoms. The van der Waals surface area contributed by atoms with Gasteiger partial charge in [-0.3, -0.25) is 0 Å². The summed E-state index contributed by atoms with van der Waals surface area (Å²) in [7, 11) is 1.98. The summed E-state index contributed by atoms with van der Waals surface area (Å²) in [5.41, 5.74) is 0. The van der Waals surface area contributed by atoms with Crippen molar-refractivity contribution in [1.29, 1.82) is 0 Å². The predicted octanol–water partition coefficient (Wildman–Crippen LogP) is 2.15. The Hall–Kier alpha value is -0.830. The molecule has 0 aromatic carbocycles. The number of hydrogen-bond donors (Lipinski definition) is 1. The monoisotopic (exact) mass is 222 g/mol. The highest BCUT2D eigenvalue weighted by Gasteiger charge is 2.26. The minimum Gasteiger partial charge on any atom is -0.392 e. The van der Waals surface area contributed by atoms with E-state index < -0.39 is 0 Å². The maximum Gasteiger partial charge on any atom is 0.110 e. The molecule has 0 amide bonds. The predicted molar refractivity (Wildman–Crippen MR) is 64.0 cm³/mol. The quantitative estimate of drug-likeness (QED) is 0.851. The molecule has 3 unspecified atom stereocenters. The summed E-state index contributed by atoms with van der Waals surface area (Å²) in [6, 6.07) is 0. The van der Waals surface area contributed by atoms with Crippen molar-refractivity contribution in [2.75, 3.05) is 0 Å². The molecule has 0 saturated heterocycles. The first-order valence-electron chi connectivity index (χ1n) is 6.31. The molecule has 3 heteroatoms. The molecule has 0 spiro atoms. The van der Waals surface area contributed by atoms with Crippen molar-refractivity contribution in [1.82, 2.24) is 9.55 Å². The number of aryl methyl sites for hydroxylation is 1. The Morgan fingerprint density at radius 1 is 1.56 bits per heavy atom. The summed E-state index contributed by atoms with van der Waals surface area (Å²) in [5.74, 6) is 2.24. The van der Waals surface area contributed by atoms with E-state index in [1.807, 2.05) is 17.8 Å². The van der Waals surface area contributed by atoms with Gasteiger partial charge in [-0.2, -0.15) is 0 Å². The Morgan fingerprint density at radius 3 is 3.00 bits per heavy atom. The van der Waals surface area contributed by atoms with Crippen LogP contribution in [-0.2, 0) is 13.5 Å². The molecule has 1 aromatic rings. The van der Waals surface area contributed by atoms with E-state index in [0.717, 1.165) is 11.7 Å². The fraction of sp³-hybridized carbons (Fsp3) is 0.769. The van der Waals surface area contributed by atoms with Gasteiger partial charge in [-0.25, -0.2) is 4.98 Å². The second-order valence-electron chi connectivity index (χ2n) is 5.26. The maximum absolute atomic E-state index is 10.2. The molecule has 90 valence electrons. The third-order valence-electron chi connectivity index (χ3n) is 3.83. The summed E-state index contributed by atoms with van der Waals surface area (Å²) in [6.07, 6.45) is 9.15. The van der Waals surface area contributed by atoms with Crippen LogP contribution in [0, 0.1) is 11.8 Å². The average Bonchev–Trinajstić information content (AvgIpc) is 2.64. The van der Waals surface area contributed by atoms with Crippen LogP contribution in [0.2, 0.25) is 0 Å². The van der Waals surface area contributed by atoms with Crippen molar-refractivity contribution in [3.05, 3.63) is 18.2 Å². The third-order valence-corrected chi connectivity index (χ3v) is 3.83. The molecule has 1 aliphatic rings. The molecule has 1 saturated carbocycles. The van der Waals surface area contributed by atoms with Gasteiger partial charge in [0.1, 0.15) is 5.82 Å². The number of aliphatic hydroxyl groups excluding tert-OH is 1. The minimum absolute atomic E-state index is 0.219. The van der Waals surface area contributed by atoms with Crippen LogP contribution in [-0.4, -0.2) is 20.8 Å². The zero-order chi connectivity index (χ0) is 11.5. The number of rotatable bonds is 3. The van der Waals surface area contributed by atoms with Gasteiger partial charge < -0.3 is 9.67 Å². The highest BCUT2D eigenvalue weighted by atomic mass is 16.3. The van der Waals surface area contributed by atoms with Crippen LogP contribution >= 0.6 is 0 Å². The molecule has 16 heavy (non-hydrogen) atoms. The van der Waals surface area contributed by atoms with E-state index in [0.29, 0.717) is 12.3 Å². The maximum atomic E-state index is 10.2. The molecule has 0 radical (unpaired) electrons.